The molecule has 0 aliphatic heterocycles. The Morgan fingerprint density at radius 2 is 1.66 bits per heavy atom. The maximum atomic E-state index is 13.0. The molecule has 0 aliphatic carbocycles. The molecular weight excluding hydrogens is 514 g/mol. The van der Waals surface area contributed by atoms with E-state index in [1.165, 1.54) is 0 Å². The Morgan fingerprint density at radius 1 is 0.969 bits per heavy atom. The molecule has 0 saturated carbocycles. The normalized spacial score (nSPS) is 11.2. The van der Waals surface area contributed by atoms with Crippen LogP contribution in [0.1, 0.15) is 34.3 Å². The Hall–Kier alpha value is -2.48. The quantitative estimate of drug-likeness (QED) is 0.369. The molecule has 3 rings (SSSR count). The minimum Gasteiger partial charge on any atom is -0.325 e. The van der Waals surface area contributed by atoms with Crippen LogP contribution in [0.5, 0.6) is 0 Å². The van der Waals surface area contributed by atoms with Crippen molar-refractivity contribution in [3.05, 3.63) is 92.9 Å². The fourth-order valence-electron chi connectivity index (χ4n) is 3.10. The van der Waals surface area contributed by atoms with Crippen molar-refractivity contribution in [1.82, 2.24) is 0 Å². The van der Waals surface area contributed by atoms with Gasteiger partial charge in [-0.2, -0.15) is 0 Å². The van der Waals surface area contributed by atoms with Gasteiger partial charge >= 0.3 is 0 Å². The van der Waals surface area contributed by atoms with Crippen LogP contribution < -0.4 is 5.32 Å². The maximum Gasteiger partial charge on any atom is 0.224 e. The van der Waals surface area contributed by atoms with Crippen LogP contribution in [-0.2, 0) is 14.6 Å². The van der Waals surface area contributed by atoms with Gasteiger partial charge in [-0.15, -0.1) is 0 Å². The lowest BCUT2D eigenvalue weighted by atomic mass is 10.0. The van der Waals surface area contributed by atoms with E-state index < -0.39 is 9.84 Å². The second-order valence-corrected chi connectivity index (χ2v) is 10.7. The molecule has 3 aromatic carbocycles. The fraction of sp³-hybridized carbons (Fsp3) is 0.167. The van der Waals surface area contributed by atoms with E-state index in [4.69, 9.17) is 11.6 Å². The number of halogens is 2. The van der Waals surface area contributed by atoms with Crippen molar-refractivity contribution >= 4 is 54.7 Å². The Balaban J connectivity index is 1.68. The molecule has 0 unspecified atom stereocenters. The summed E-state index contributed by atoms with van der Waals surface area (Å²) in [5.41, 5.74) is 1.92. The standard InChI is InChI=1S/C24H21BrClNO4S/c1-16-8-11-18(12-9-16)32(30,31)14-4-7-23(28)27-22-13-10-17(25)15-20(22)24(29)19-5-2-3-6-21(19)26/h2-3,5-6,8-13,15H,4,7,14H2,1H3,(H,27,28). The molecule has 0 fully saturated rings. The largest absolute Gasteiger partial charge is 0.325 e. The predicted octanol–water partition coefficient (Wildman–Crippen LogP) is 5.83. The van der Waals surface area contributed by atoms with Gasteiger partial charge < -0.3 is 5.32 Å². The Labute approximate surface area is 200 Å². The number of hydrogen-bond donors (Lipinski definition) is 1. The summed E-state index contributed by atoms with van der Waals surface area (Å²) >= 11 is 9.51. The van der Waals surface area contributed by atoms with E-state index >= 15 is 0 Å². The first-order chi connectivity index (χ1) is 15.2. The highest BCUT2D eigenvalue weighted by Crippen LogP contribution is 2.27. The van der Waals surface area contributed by atoms with Gasteiger partial charge in [0, 0.05) is 22.0 Å². The van der Waals surface area contributed by atoms with Gasteiger partial charge in [0.1, 0.15) is 0 Å². The zero-order valence-corrected chi connectivity index (χ0v) is 20.4. The first kappa shape index (κ1) is 24.2. The molecule has 1 N–H and O–H groups in total. The first-order valence-electron chi connectivity index (χ1n) is 9.85. The van der Waals surface area contributed by atoms with Gasteiger partial charge in [0.15, 0.2) is 15.6 Å². The molecule has 0 aromatic heterocycles. The number of carbonyl (C=O) groups is 2. The van der Waals surface area contributed by atoms with Gasteiger partial charge in [-0.3, -0.25) is 9.59 Å². The zero-order valence-electron chi connectivity index (χ0n) is 17.3. The lowest BCUT2D eigenvalue weighted by molar-refractivity contribution is -0.116. The third kappa shape index (κ3) is 6.06. The summed E-state index contributed by atoms with van der Waals surface area (Å²) in [5.74, 6) is -0.844. The van der Waals surface area contributed by atoms with Gasteiger partial charge in [-0.05, 0) is 55.8 Å². The summed E-state index contributed by atoms with van der Waals surface area (Å²) < 4.78 is 25.6. The van der Waals surface area contributed by atoms with E-state index in [1.807, 2.05) is 6.92 Å². The van der Waals surface area contributed by atoms with Crippen LogP contribution in [0.4, 0.5) is 5.69 Å². The second-order valence-electron chi connectivity index (χ2n) is 7.28. The average Bonchev–Trinajstić information content (AvgIpc) is 2.75. The molecule has 0 aliphatic rings. The van der Waals surface area contributed by atoms with E-state index in [1.54, 1.807) is 66.7 Å². The van der Waals surface area contributed by atoms with E-state index in [9.17, 15) is 18.0 Å². The van der Waals surface area contributed by atoms with Crippen molar-refractivity contribution in [1.29, 1.82) is 0 Å². The zero-order chi connectivity index (χ0) is 23.3. The van der Waals surface area contributed by atoms with Crippen molar-refractivity contribution in [2.75, 3.05) is 11.1 Å². The number of amides is 1. The van der Waals surface area contributed by atoms with Crippen molar-refractivity contribution in [2.24, 2.45) is 0 Å². The molecule has 0 saturated heterocycles. The molecule has 0 spiro atoms. The first-order valence-corrected chi connectivity index (χ1v) is 12.7. The van der Waals surface area contributed by atoms with E-state index in [2.05, 4.69) is 21.2 Å². The molecule has 0 bridgehead atoms. The second kappa shape index (κ2) is 10.4. The average molecular weight is 535 g/mol. The highest BCUT2D eigenvalue weighted by molar-refractivity contribution is 9.10. The summed E-state index contributed by atoms with van der Waals surface area (Å²) in [4.78, 5) is 25.7. The van der Waals surface area contributed by atoms with Crippen LogP contribution in [-0.4, -0.2) is 25.9 Å². The third-order valence-corrected chi connectivity index (χ3v) is 7.46. The number of sulfone groups is 1. The molecule has 1 amide bonds. The van der Waals surface area contributed by atoms with Crippen molar-refractivity contribution in [2.45, 2.75) is 24.7 Å². The van der Waals surface area contributed by atoms with E-state index in [0.717, 1.165) is 5.56 Å². The summed E-state index contributed by atoms with van der Waals surface area (Å²) in [6.07, 6.45) is 0.160. The topological polar surface area (TPSA) is 80.3 Å². The lowest BCUT2D eigenvalue weighted by Crippen LogP contribution is -2.16. The monoisotopic (exact) mass is 533 g/mol. The number of benzene rings is 3. The summed E-state index contributed by atoms with van der Waals surface area (Å²) in [7, 11) is -3.47. The Bertz CT molecular complexity index is 1260. The number of aryl methyl sites for hydroxylation is 1. The van der Waals surface area contributed by atoms with Gasteiger partial charge in [-0.25, -0.2) is 8.42 Å². The number of hydrogen-bond acceptors (Lipinski definition) is 4. The minimum atomic E-state index is -3.47. The van der Waals surface area contributed by atoms with Gasteiger partial charge in [-0.1, -0.05) is 57.4 Å². The smallest absolute Gasteiger partial charge is 0.224 e. The number of ketones is 1. The summed E-state index contributed by atoms with van der Waals surface area (Å²) in [5, 5.41) is 3.04. The Kier molecular flexibility index (Phi) is 7.87. The molecular formula is C24H21BrClNO4S. The van der Waals surface area contributed by atoms with Crippen LogP contribution in [0.3, 0.4) is 0 Å². The van der Waals surface area contributed by atoms with Crippen molar-refractivity contribution < 1.29 is 18.0 Å². The number of anilines is 1. The van der Waals surface area contributed by atoms with Crippen molar-refractivity contribution in [3.8, 4) is 0 Å². The van der Waals surface area contributed by atoms with E-state index in [-0.39, 0.29) is 40.7 Å². The molecule has 0 heterocycles. The molecule has 0 atom stereocenters. The molecule has 8 heteroatoms. The van der Waals surface area contributed by atoms with Crippen LogP contribution >= 0.6 is 27.5 Å². The SMILES string of the molecule is Cc1ccc(S(=O)(=O)CCCC(=O)Nc2ccc(Br)cc2C(=O)c2ccccc2Cl)cc1. The summed E-state index contributed by atoms with van der Waals surface area (Å²) in [6, 6.07) is 18.2. The highest BCUT2D eigenvalue weighted by atomic mass is 79.9. The summed E-state index contributed by atoms with van der Waals surface area (Å²) in [6.45, 7) is 1.88. The Morgan fingerprint density at radius 3 is 2.34 bits per heavy atom. The third-order valence-electron chi connectivity index (χ3n) is 4.82. The van der Waals surface area contributed by atoms with Crippen molar-refractivity contribution in [3.63, 3.8) is 0 Å². The molecule has 0 radical (unpaired) electrons. The molecule has 3 aromatic rings. The van der Waals surface area contributed by atoms with Crippen LogP contribution in [0.15, 0.2) is 76.1 Å². The highest BCUT2D eigenvalue weighted by Gasteiger charge is 2.19. The molecule has 5 nitrogen and oxygen atoms in total. The van der Waals surface area contributed by atoms with Crippen LogP contribution in [0.2, 0.25) is 5.02 Å². The molecule has 32 heavy (non-hydrogen) atoms. The van der Waals surface area contributed by atoms with Gasteiger partial charge in [0.25, 0.3) is 0 Å². The molecule has 166 valence electrons. The number of carbonyl (C=O) groups excluding carboxylic acids is 2. The van der Waals surface area contributed by atoms with Crippen LogP contribution in [0.25, 0.3) is 0 Å². The lowest BCUT2D eigenvalue weighted by Gasteiger charge is -2.12. The number of rotatable bonds is 8. The van der Waals surface area contributed by atoms with E-state index in [0.29, 0.717) is 20.7 Å². The maximum absolute atomic E-state index is 13.0. The van der Waals surface area contributed by atoms with Gasteiger partial charge in [0.05, 0.1) is 21.4 Å². The minimum absolute atomic E-state index is 0.000872. The van der Waals surface area contributed by atoms with Gasteiger partial charge in [0.2, 0.25) is 5.91 Å². The fourth-order valence-corrected chi connectivity index (χ4v) is 5.00. The van der Waals surface area contributed by atoms with Crippen LogP contribution in [0, 0.1) is 6.92 Å². The number of nitrogens with one attached hydrogen (secondary N) is 1. The predicted molar refractivity (Wildman–Crippen MR) is 130 cm³/mol.